The fraction of sp³-hybridized carbons (Fsp3) is 0.526. The van der Waals surface area contributed by atoms with E-state index in [1.807, 2.05) is 0 Å². The summed E-state index contributed by atoms with van der Waals surface area (Å²) in [6, 6.07) is 3.20. The highest BCUT2D eigenvalue weighted by atomic mass is 16.6. The van der Waals surface area contributed by atoms with Gasteiger partial charge in [0.05, 0.1) is 24.3 Å². The quantitative estimate of drug-likeness (QED) is 0.603. The summed E-state index contributed by atoms with van der Waals surface area (Å²) in [7, 11) is 0. The second-order valence-corrected chi connectivity index (χ2v) is 6.94. The molecule has 1 heterocycles. The number of carbonyl (C=O) groups excluding carboxylic acids is 3. The first-order valence-electron chi connectivity index (χ1n) is 8.64. The lowest BCUT2D eigenvalue weighted by atomic mass is 10.00. The highest BCUT2D eigenvalue weighted by Crippen LogP contribution is 2.28. The van der Waals surface area contributed by atoms with Crippen LogP contribution in [0, 0.1) is 0 Å². The number of ether oxygens (including phenoxy) is 3. The van der Waals surface area contributed by atoms with Gasteiger partial charge in [-0.1, -0.05) is 0 Å². The fourth-order valence-electron chi connectivity index (χ4n) is 2.66. The molecule has 0 N–H and O–H groups in total. The van der Waals surface area contributed by atoms with Gasteiger partial charge in [0.1, 0.15) is 5.60 Å². The van der Waals surface area contributed by atoms with Gasteiger partial charge >= 0.3 is 18.0 Å². The molecule has 0 aromatic heterocycles. The van der Waals surface area contributed by atoms with Crippen molar-refractivity contribution in [1.82, 2.24) is 4.90 Å². The lowest BCUT2D eigenvalue weighted by Gasteiger charge is -2.24. The molecule has 142 valence electrons. The van der Waals surface area contributed by atoms with E-state index in [2.05, 4.69) is 0 Å². The largest absolute Gasteiger partial charge is 0.462 e. The monoisotopic (exact) mass is 363 g/mol. The topological polar surface area (TPSA) is 82.1 Å². The summed E-state index contributed by atoms with van der Waals surface area (Å²) in [6.07, 6.45) is -0.441. The Morgan fingerprint density at radius 1 is 0.923 bits per heavy atom. The van der Waals surface area contributed by atoms with Gasteiger partial charge in [0.15, 0.2) is 0 Å². The zero-order valence-corrected chi connectivity index (χ0v) is 15.9. The Bertz CT molecular complexity index is 672. The molecule has 1 aromatic rings. The Kier molecular flexibility index (Phi) is 5.90. The van der Waals surface area contributed by atoms with Crippen molar-refractivity contribution in [2.24, 2.45) is 0 Å². The second kappa shape index (κ2) is 7.76. The van der Waals surface area contributed by atoms with E-state index >= 15 is 0 Å². The van der Waals surface area contributed by atoms with E-state index in [-0.39, 0.29) is 24.3 Å². The molecule has 0 spiro atoms. The van der Waals surface area contributed by atoms with Crippen LogP contribution in [0.2, 0.25) is 0 Å². The summed E-state index contributed by atoms with van der Waals surface area (Å²) >= 11 is 0. The lowest BCUT2D eigenvalue weighted by molar-refractivity contribution is 0.0241. The molecule has 0 radical (unpaired) electrons. The molecule has 1 aromatic carbocycles. The van der Waals surface area contributed by atoms with Gasteiger partial charge in [-0.15, -0.1) is 0 Å². The predicted octanol–water partition coefficient (Wildman–Crippen LogP) is 3.29. The van der Waals surface area contributed by atoms with E-state index in [0.717, 1.165) is 11.1 Å². The van der Waals surface area contributed by atoms with Crippen LogP contribution in [0.25, 0.3) is 0 Å². The smallest absolute Gasteiger partial charge is 0.410 e. The number of hydrogen-bond acceptors (Lipinski definition) is 6. The van der Waals surface area contributed by atoms with Gasteiger partial charge in [0.25, 0.3) is 0 Å². The molecule has 0 atom stereocenters. The SMILES string of the molecule is CCOC(=O)c1cc2c(cc1C(=O)OCC)CN(C(=O)OC(C)(C)C)C2. The first kappa shape index (κ1) is 19.8. The summed E-state index contributed by atoms with van der Waals surface area (Å²) in [6.45, 7) is 9.78. The summed E-state index contributed by atoms with van der Waals surface area (Å²) < 4.78 is 15.5. The van der Waals surface area contributed by atoms with Crippen molar-refractivity contribution in [2.45, 2.75) is 53.3 Å². The van der Waals surface area contributed by atoms with Crippen molar-refractivity contribution in [3.05, 3.63) is 34.4 Å². The maximum absolute atomic E-state index is 12.3. The number of esters is 2. The van der Waals surface area contributed by atoms with Gasteiger partial charge in [-0.2, -0.15) is 0 Å². The fourth-order valence-corrected chi connectivity index (χ4v) is 2.66. The minimum atomic E-state index is -0.599. The van der Waals surface area contributed by atoms with Crippen LogP contribution in [0.4, 0.5) is 4.79 Å². The van der Waals surface area contributed by atoms with Crippen molar-refractivity contribution in [3.63, 3.8) is 0 Å². The molecule has 1 aliphatic heterocycles. The normalized spacial score (nSPS) is 13.2. The third kappa shape index (κ3) is 4.53. The van der Waals surface area contributed by atoms with Gasteiger partial charge in [-0.05, 0) is 57.9 Å². The molecule has 1 aliphatic rings. The van der Waals surface area contributed by atoms with E-state index in [0.29, 0.717) is 13.1 Å². The highest BCUT2D eigenvalue weighted by Gasteiger charge is 2.31. The predicted molar refractivity (Wildman–Crippen MR) is 93.8 cm³/mol. The molecule has 1 amide bonds. The first-order chi connectivity index (χ1) is 12.2. The second-order valence-electron chi connectivity index (χ2n) is 6.94. The Morgan fingerprint density at radius 3 is 1.69 bits per heavy atom. The average Bonchev–Trinajstić information content (AvgIpc) is 2.95. The van der Waals surface area contributed by atoms with Gasteiger partial charge in [-0.25, -0.2) is 14.4 Å². The highest BCUT2D eigenvalue weighted by molar-refractivity contribution is 6.03. The molecule has 0 unspecified atom stereocenters. The molecule has 26 heavy (non-hydrogen) atoms. The van der Waals surface area contributed by atoms with Crippen LogP contribution in [0.5, 0.6) is 0 Å². The average molecular weight is 363 g/mol. The maximum atomic E-state index is 12.3. The van der Waals surface area contributed by atoms with E-state index in [9.17, 15) is 14.4 Å². The van der Waals surface area contributed by atoms with Crippen molar-refractivity contribution in [2.75, 3.05) is 13.2 Å². The van der Waals surface area contributed by atoms with Crippen LogP contribution in [0.3, 0.4) is 0 Å². The molecular formula is C19H25NO6. The zero-order chi connectivity index (χ0) is 19.5. The Morgan fingerprint density at radius 2 is 1.35 bits per heavy atom. The number of carbonyl (C=O) groups is 3. The van der Waals surface area contributed by atoms with Gasteiger partial charge < -0.3 is 14.2 Å². The van der Waals surface area contributed by atoms with Crippen molar-refractivity contribution in [3.8, 4) is 0 Å². The van der Waals surface area contributed by atoms with Gasteiger partial charge in [0.2, 0.25) is 0 Å². The number of hydrogen-bond donors (Lipinski definition) is 0. The van der Waals surface area contributed by atoms with E-state index in [4.69, 9.17) is 14.2 Å². The molecule has 7 nitrogen and oxygen atoms in total. The molecule has 0 saturated carbocycles. The van der Waals surface area contributed by atoms with Crippen molar-refractivity contribution in [1.29, 1.82) is 0 Å². The van der Waals surface area contributed by atoms with E-state index in [1.165, 1.54) is 4.90 Å². The molecule has 2 rings (SSSR count). The van der Waals surface area contributed by atoms with Crippen LogP contribution in [0.15, 0.2) is 12.1 Å². The van der Waals surface area contributed by atoms with Gasteiger partial charge in [-0.3, -0.25) is 4.90 Å². The number of rotatable bonds is 4. The lowest BCUT2D eigenvalue weighted by Crippen LogP contribution is -2.33. The third-order valence-electron chi connectivity index (χ3n) is 3.70. The minimum Gasteiger partial charge on any atom is -0.462 e. The molecular weight excluding hydrogens is 338 g/mol. The van der Waals surface area contributed by atoms with Crippen LogP contribution in [-0.4, -0.2) is 41.7 Å². The van der Waals surface area contributed by atoms with E-state index in [1.54, 1.807) is 46.8 Å². The first-order valence-corrected chi connectivity index (χ1v) is 8.64. The Balaban J connectivity index is 2.33. The third-order valence-corrected chi connectivity index (χ3v) is 3.70. The number of nitrogens with zero attached hydrogens (tertiary/aromatic N) is 1. The number of benzene rings is 1. The molecule has 7 heteroatoms. The van der Waals surface area contributed by atoms with Crippen LogP contribution in [-0.2, 0) is 27.3 Å². The minimum absolute atomic E-state index is 0.148. The van der Waals surface area contributed by atoms with Crippen molar-refractivity contribution < 1.29 is 28.6 Å². The van der Waals surface area contributed by atoms with Crippen LogP contribution in [0.1, 0.15) is 66.5 Å². The Labute approximate surface area is 153 Å². The Hall–Kier alpha value is -2.57. The van der Waals surface area contributed by atoms with Crippen LogP contribution >= 0.6 is 0 Å². The molecule has 0 saturated heterocycles. The number of amides is 1. The zero-order valence-electron chi connectivity index (χ0n) is 15.9. The maximum Gasteiger partial charge on any atom is 0.410 e. The van der Waals surface area contributed by atoms with Crippen LogP contribution < -0.4 is 0 Å². The van der Waals surface area contributed by atoms with E-state index < -0.39 is 23.6 Å². The van der Waals surface area contributed by atoms with Crippen molar-refractivity contribution >= 4 is 18.0 Å². The summed E-state index contributed by atoms with van der Waals surface area (Å²) in [5.74, 6) is -1.18. The standard InChI is InChI=1S/C19H25NO6/c1-6-24-16(21)14-8-12-10-20(18(23)26-19(3,4)5)11-13(12)9-15(14)17(22)25-7-2/h8-9H,6-7,10-11H2,1-5H3. The molecule has 0 bridgehead atoms. The molecule has 0 aliphatic carbocycles. The molecule has 0 fully saturated rings. The number of fused-ring (bicyclic) bond motifs is 1. The summed E-state index contributed by atoms with van der Waals surface area (Å²) in [4.78, 5) is 38.3. The summed E-state index contributed by atoms with van der Waals surface area (Å²) in [5, 5.41) is 0. The van der Waals surface area contributed by atoms with Gasteiger partial charge in [0, 0.05) is 13.1 Å². The summed E-state index contributed by atoms with van der Waals surface area (Å²) in [5.41, 5.74) is 1.27.